The van der Waals surface area contributed by atoms with Gasteiger partial charge < -0.3 is 14.7 Å². The minimum absolute atomic E-state index is 0.0696. The summed E-state index contributed by atoms with van der Waals surface area (Å²) in [7, 11) is 0. The van der Waals surface area contributed by atoms with Gasteiger partial charge in [-0.05, 0) is 49.6 Å². The summed E-state index contributed by atoms with van der Waals surface area (Å²) in [5.41, 5.74) is 2.75. The lowest BCUT2D eigenvalue weighted by Crippen LogP contribution is -2.40. The van der Waals surface area contributed by atoms with E-state index in [1.54, 1.807) is 11.0 Å². The Kier molecular flexibility index (Phi) is 7.17. The highest BCUT2D eigenvalue weighted by atomic mass is 19.1. The standard InChI is InChI=1S/C26H28FN3O3/c1-18-7-9-19(10-8-18)16-28-25(31)24-15-23(33-29-24)17-30(22-5-3-2-4-6-22)26(32)20-11-13-21(27)14-12-20/h7-15,22H,2-6,16-17H2,1H3,(H,28,31). The summed E-state index contributed by atoms with van der Waals surface area (Å²) in [6.07, 6.45) is 5.08. The van der Waals surface area contributed by atoms with Crippen molar-refractivity contribution in [2.24, 2.45) is 0 Å². The molecule has 1 fully saturated rings. The summed E-state index contributed by atoms with van der Waals surface area (Å²) in [6.45, 7) is 2.61. The zero-order valence-electron chi connectivity index (χ0n) is 18.7. The molecular weight excluding hydrogens is 421 g/mol. The van der Waals surface area contributed by atoms with Gasteiger partial charge in [0.25, 0.3) is 11.8 Å². The Morgan fingerprint density at radius 3 is 2.45 bits per heavy atom. The maximum absolute atomic E-state index is 13.3. The Morgan fingerprint density at radius 1 is 1.06 bits per heavy atom. The quantitative estimate of drug-likeness (QED) is 0.549. The van der Waals surface area contributed by atoms with Gasteiger partial charge in [-0.25, -0.2) is 4.39 Å². The molecular formula is C26H28FN3O3. The van der Waals surface area contributed by atoms with E-state index < -0.39 is 0 Å². The van der Waals surface area contributed by atoms with Crippen molar-refractivity contribution in [1.82, 2.24) is 15.4 Å². The molecule has 4 rings (SSSR count). The summed E-state index contributed by atoms with van der Waals surface area (Å²) < 4.78 is 18.7. The number of aryl methyl sites for hydroxylation is 1. The number of amides is 2. The van der Waals surface area contributed by atoms with E-state index in [0.29, 0.717) is 17.9 Å². The van der Waals surface area contributed by atoms with Gasteiger partial charge in [0.1, 0.15) is 5.82 Å². The van der Waals surface area contributed by atoms with Crippen molar-refractivity contribution in [3.05, 3.63) is 88.6 Å². The minimum Gasteiger partial charge on any atom is -0.359 e. The lowest BCUT2D eigenvalue weighted by Gasteiger charge is -2.33. The van der Waals surface area contributed by atoms with Gasteiger partial charge in [-0.3, -0.25) is 9.59 Å². The maximum atomic E-state index is 13.3. The lowest BCUT2D eigenvalue weighted by molar-refractivity contribution is 0.0590. The number of nitrogens with one attached hydrogen (secondary N) is 1. The van der Waals surface area contributed by atoms with Crippen molar-refractivity contribution in [3.63, 3.8) is 0 Å². The molecule has 1 saturated carbocycles. The number of rotatable bonds is 7. The van der Waals surface area contributed by atoms with Crippen molar-refractivity contribution >= 4 is 11.8 Å². The first-order chi connectivity index (χ1) is 16.0. The van der Waals surface area contributed by atoms with E-state index in [4.69, 9.17) is 4.52 Å². The first-order valence-electron chi connectivity index (χ1n) is 11.4. The highest BCUT2D eigenvalue weighted by Crippen LogP contribution is 2.26. The van der Waals surface area contributed by atoms with E-state index in [0.717, 1.165) is 43.2 Å². The molecule has 0 bridgehead atoms. The zero-order chi connectivity index (χ0) is 23.2. The van der Waals surface area contributed by atoms with Gasteiger partial charge in [0, 0.05) is 24.2 Å². The van der Waals surface area contributed by atoms with Crippen LogP contribution in [0.5, 0.6) is 0 Å². The molecule has 172 valence electrons. The number of carbonyl (C=O) groups excluding carboxylic acids is 2. The van der Waals surface area contributed by atoms with Crippen LogP contribution in [0.4, 0.5) is 4.39 Å². The fourth-order valence-corrected chi connectivity index (χ4v) is 4.16. The fourth-order valence-electron chi connectivity index (χ4n) is 4.16. The molecule has 2 aromatic carbocycles. The largest absolute Gasteiger partial charge is 0.359 e. The van der Waals surface area contributed by atoms with E-state index in [9.17, 15) is 14.0 Å². The van der Waals surface area contributed by atoms with Crippen LogP contribution in [0.1, 0.15) is 69.8 Å². The summed E-state index contributed by atoms with van der Waals surface area (Å²) >= 11 is 0. The summed E-state index contributed by atoms with van der Waals surface area (Å²) in [4.78, 5) is 27.5. The van der Waals surface area contributed by atoms with Gasteiger partial charge in [-0.2, -0.15) is 0 Å². The Hall–Kier alpha value is -3.48. The van der Waals surface area contributed by atoms with Gasteiger partial charge in [-0.1, -0.05) is 54.2 Å². The van der Waals surface area contributed by atoms with Crippen molar-refractivity contribution < 1.29 is 18.5 Å². The van der Waals surface area contributed by atoms with Crippen LogP contribution in [0.15, 0.2) is 59.1 Å². The van der Waals surface area contributed by atoms with E-state index >= 15 is 0 Å². The first-order valence-corrected chi connectivity index (χ1v) is 11.4. The van der Waals surface area contributed by atoms with Crippen LogP contribution in [0.3, 0.4) is 0 Å². The Balaban J connectivity index is 1.45. The maximum Gasteiger partial charge on any atom is 0.273 e. The molecule has 2 amide bonds. The average molecular weight is 450 g/mol. The first kappa shape index (κ1) is 22.7. The Labute approximate surface area is 192 Å². The molecule has 0 spiro atoms. The number of aromatic nitrogens is 1. The molecule has 0 unspecified atom stereocenters. The predicted octanol–water partition coefficient (Wildman–Crippen LogP) is 5.03. The molecule has 3 aromatic rings. The predicted molar refractivity (Wildman–Crippen MR) is 122 cm³/mol. The third-order valence-electron chi connectivity index (χ3n) is 6.06. The van der Waals surface area contributed by atoms with Crippen LogP contribution in [0.2, 0.25) is 0 Å². The number of carbonyl (C=O) groups is 2. The number of halogens is 1. The fraction of sp³-hybridized carbons (Fsp3) is 0.346. The van der Waals surface area contributed by atoms with Crippen LogP contribution >= 0.6 is 0 Å². The van der Waals surface area contributed by atoms with Crippen LogP contribution < -0.4 is 5.32 Å². The van der Waals surface area contributed by atoms with Gasteiger partial charge in [0.2, 0.25) is 0 Å². The van der Waals surface area contributed by atoms with Crippen LogP contribution in [0, 0.1) is 12.7 Å². The molecule has 0 saturated heterocycles. The molecule has 1 aromatic heterocycles. The SMILES string of the molecule is Cc1ccc(CNC(=O)c2cc(CN(C(=O)c3ccc(F)cc3)C3CCCCC3)on2)cc1. The molecule has 0 radical (unpaired) electrons. The zero-order valence-corrected chi connectivity index (χ0v) is 18.7. The second-order valence-corrected chi connectivity index (χ2v) is 8.58. The molecule has 1 N–H and O–H groups in total. The lowest BCUT2D eigenvalue weighted by atomic mass is 9.93. The van der Waals surface area contributed by atoms with E-state index in [1.807, 2.05) is 31.2 Å². The highest BCUT2D eigenvalue weighted by molar-refractivity contribution is 5.94. The third-order valence-corrected chi connectivity index (χ3v) is 6.06. The van der Waals surface area contributed by atoms with Crippen molar-refractivity contribution in [3.8, 4) is 0 Å². The van der Waals surface area contributed by atoms with Gasteiger partial charge in [-0.15, -0.1) is 0 Å². The van der Waals surface area contributed by atoms with Crippen LogP contribution in [-0.4, -0.2) is 27.9 Å². The Morgan fingerprint density at radius 2 is 1.76 bits per heavy atom. The van der Waals surface area contributed by atoms with Crippen molar-refractivity contribution in [2.45, 2.75) is 58.2 Å². The number of benzene rings is 2. The molecule has 7 heteroatoms. The normalized spacial score (nSPS) is 14.1. The topological polar surface area (TPSA) is 75.4 Å². The minimum atomic E-state index is -0.382. The Bertz CT molecular complexity index is 1090. The number of hydrogen-bond acceptors (Lipinski definition) is 4. The monoisotopic (exact) mass is 449 g/mol. The third kappa shape index (κ3) is 5.86. The second-order valence-electron chi connectivity index (χ2n) is 8.58. The number of hydrogen-bond donors (Lipinski definition) is 1. The molecule has 0 aliphatic heterocycles. The molecule has 1 aliphatic rings. The molecule has 0 atom stereocenters. The second kappa shape index (κ2) is 10.4. The van der Waals surface area contributed by atoms with Gasteiger partial charge >= 0.3 is 0 Å². The molecule has 33 heavy (non-hydrogen) atoms. The van der Waals surface area contributed by atoms with Crippen LogP contribution in [-0.2, 0) is 13.1 Å². The van der Waals surface area contributed by atoms with Crippen molar-refractivity contribution in [2.75, 3.05) is 0 Å². The number of nitrogens with zero attached hydrogens (tertiary/aromatic N) is 2. The van der Waals surface area contributed by atoms with Crippen LogP contribution in [0.25, 0.3) is 0 Å². The molecule has 1 aliphatic carbocycles. The highest BCUT2D eigenvalue weighted by Gasteiger charge is 2.28. The van der Waals surface area contributed by atoms with Gasteiger partial charge in [0.15, 0.2) is 11.5 Å². The van der Waals surface area contributed by atoms with E-state index in [2.05, 4.69) is 10.5 Å². The average Bonchev–Trinajstić information content (AvgIpc) is 3.31. The summed E-state index contributed by atoms with van der Waals surface area (Å²) in [5, 5.41) is 6.75. The molecule has 1 heterocycles. The summed E-state index contributed by atoms with van der Waals surface area (Å²) in [5.74, 6) is -0.452. The summed E-state index contributed by atoms with van der Waals surface area (Å²) in [6, 6.07) is 15.1. The molecule has 6 nitrogen and oxygen atoms in total. The smallest absolute Gasteiger partial charge is 0.273 e. The van der Waals surface area contributed by atoms with E-state index in [1.165, 1.54) is 24.3 Å². The van der Waals surface area contributed by atoms with Crippen molar-refractivity contribution in [1.29, 1.82) is 0 Å². The van der Waals surface area contributed by atoms with E-state index in [-0.39, 0.29) is 35.9 Å². The van der Waals surface area contributed by atoms with Gasteiger partial charge in [0.05, 0.1) is 6.54 Å².